The Balaban J connectivity index is 0.000000162. The van der Waals surface area contributed by atoms with Crippen molar-refractivity contribution in [3.8, 4) is 11.4 Å². The van der Waals surface area contributed by atoms with Gasteiger partial charge in [-0.1, -0.05) is 91.0 Å². The zero-order valence-electron chi connectivity index (χ0n) is 35.8. The molecule has 2 N–H and O–H groups in total. The molecular formula is C46H50N16O. The molecule has 1 atom stereocenters. The van der Waals surface area contributed by atoms with Crippen molar-refractivity contribution >= 4 is 51.3 Å². The number of morpholine rings is 1. The quantitative estimate of drug-likeness (QED) is 0.126. The van der Waals surface area contributed by atoms with Gasteiger partial charge in [0.25, 0.3) is 0 Å². The first-order valence-corrected chi connectivity index (χ1v) is 20.9. The average molecular weight is 843 g/mol. The SMILES string of the molecule is CN(C)CCC(c1ccccc1)n1cc(Nc2nc(-c3ccccc3)nc3c2ncn3C)cn1.Cn1cnc2c(Nc3cnn(Cc4ccccc4)c3)nc(N3CCOCC3)nc21. The fourth-order valence-corrected chi connectivity index (χ4v) is 7.44. The van der Waals surface area contributed by atoms with Gasteiger partial charge in [-0.3, -0.25) is 9.36 Å². The summed E-state index contributed by atoms with van der Waals surface area (Å²) in [5, 5.41) is 16.0. The normalized spacial score (nSPS) is 13.3. The van der Waals surface area contributed by atoms with Gasteiger partial charge in [0.1, 0.15) is 0 Å². The molecule has 7 heterocycles. The van der Waals surface area contributed by atoms with Gasteiger partial charge in [-0.25, -0.2) is 19.9 Å². The molecule has 0 bridgehead atoms. The Bertz CT molecular complexity index is 2880. The minimum atomic E-state index is 0.138. The molecule has 0 radical (unpaired) electrons. The van der Waals surface area contributed by atoms with Crippen LogP contribution in [0.1, 0.15) is 23.6 Å². The lowest BCUT2D eigenvalue weighted by molar-refractivity contribution is 0.122. The van der Waals surface area contributed by atoms with E-state index in [0.29, 0.717) is 43.2 Å². The average Bonchev–Trinajstić information content (AvgIpc) is 4.14. The first-order chi connectivity index (χ1) is 30.8. The first kappa shape index (κ1) is 40.9. The second kappa shape index (κ2) is 18.6. The highest BCUT2D eigenvalue weighted by atomic mass is 16.5. The molecule has 3 aromatic carbocycles. The van der Waals surface area contributed by atoms with Crippen LogP contribution in [0, 0.1) is 0 Å². The second-order valence-corrected chi connectivity index (χ2v) is 15.7. The Labute approximate surface area is 365 Å². The number of hydrogen-bond donors (Lipinski definition) is 2. The summed E-state index contributed by atoms with van der Waals surface area (Å²) in [5.41, 5.74) is 8.14. The van der Waals surface area contributed by atoms with Crippen LogP contribution >= 0.6 is 0 Å². The van der Waals surface area contributed by atoms with E-state index in [9.17, 15) is 0 Å². The maximum absolute atomic E-state index is 5.45. The van der Waals surface area contributed by atoms with E-state index in [-0.39, 0.29) is 6.04 Å². The Hall–Kier alpha value is -7.50. The molecule has 0 saturated carbocycles. The van der Waals surface area contributed by atoms with Crippen LogP contribution in [0.15, 0.2) is 128 Å². The van der Waals surface area contributed by atoms with Crippen molar-refractivity contribution < 1.29 is 4.74 Å². The van der Waals surface area contributed by atoms with Crippen molar-refractivity contribution in [2.45, 2.75) is 19.0 Å². The molecule has 10 rings (SSSR count). The number of aryl methyl sites for hydroxylation is 2. The molecule has 17 heteroatoms. The van der Waals surface area contributed by atoms with Gasteiger partial charge in [-0.05, 0) is 38.2 Å². The van der Waals surface area contributed by atoms with Gasteiger partial charge < -0.3 is 34.3 Å². The molecule has 0 amide bonds. The van der Waals surface area contributed by atoms with E-state index in [1.54, 1.807) is 18.9 Å². The summed E-state index contributed by atoms with van der Waals surface area (Å²) < 4.78 is 13.2. The molecule has 0 spiro atoms. The molecule has 17 nitrogen and oxygen atoms in total. The fourth-order valence-electron chi connectivity index (χ4n) is 7.44. The number of nitrogens with zero attached hydrogens (tertiary/aromatic N) is 14. The number of benzene rings is 3. The Morgan fingerprint density at radius 3 is 1.97 bits per heavy atom. The van der Waals surface area contributed by atoms with Crippen LogP contribution in [0.2, 0.25) is 0 Å². The van der Waals surface area contributed by atoms with Crippen molar-refractivity contribution in [2.24, 2.45) is 14.1 Å². The van der Waals surface area contributed by atoms with Gasteiger partial charge in [0.2, 0.25) is 5.95 Å². The number of hydrogen-bond acceptors (Lipinski definition) is 13. The molecule has 9 aromatic rings. The van der Waals surface area contributed by atoms with E-state index < -0.39 is 0 Å². The molecule has 1 aliphatic heterocycles. The number of nitrogens with one attached hydrogen (secondary N) is 2. The molecule has 63 heavy (non-hydrogen) atoms. The fraction of sp³-hybridized carbons (Fsp3) is 0.261. The minimum absolute atomic E-state index is 0.138. The van der Waals surface area contributed by atoms with E-state index in [2.05, 4.69) is 86.0 Å². The van der Waals surface area contributed by atoms with Crippen LogP contribution in [-0.2, 0) is 25.4 Å². The summed E-state index contributed by atoms with van der Waals surface area (Å²) in [6.07, 6.45) is 12.1. The number of ether oxygens (including phenoxy) is 1. The highest BCUT2D eigenvalue weighted by Crippen LogP contribution is 2.29. The van der Waals surface area contributed by atoms with Crippen LogP contribution in [-0.4, -0.2) is 110 Å². The molecule has 1 unspecified atom stereocenters. The van der Waals surface area contributed by atoms with Gasteiger partial charge in [0.15, 0.2) is 39.8 Å². The standard InChI is InChI=1S/C26H28N8.C20H22N8O/c1-32(2)15-14-22(19-10-6-4-7-11-19)34-17-21(16-28-34)29-25-23-26(33(3)18-27-23)31-24(30-25)20-12-8-5-9-13-20;1-26-14-21-17-18(24-20(25-19(17)26)27-7-9-29-10-8-27)23-16-11-22-28(13-16)12-15-5-3-2-4-6-15/h4-13,16-18,22H,14-15H2,1-3H3,(H,29,30,31);2-6,11,13-14H,7-10,12H2,1H3,(H,23,24,25). The topological polar surface area (TPSA) is 163 Å². The summed E-state index contributed by atoms with van der Waals surface area (Å²) in [4.78, 5) is 32.4. The number of aromatic nitrogens is 12. The van der Waals surface area contributed by atoms with Gasteiger partial charge in [-0.15, -0.1) is 0 Å². The number of anilines is 5. The zero-order chi connectivity index (χ0) is 43.1. The predicted octanol–water partition coefficient (Wildman–Crippen LogP) is 6.70. The molecule has 1 saturated heterocycles. The Kier molecular flexibility index (Phi) is 12.1. The zero-order valence-corrected chi connectivity index (χ0v) is 35.8. The highest BCUT2D eigenvalue weighted by Gasteiger charge is 2.20. The summed E-state index contributed by atoms with van der Waals surface area (Å²) in [6, 6.07) is 30.9. The van der Waals surface area contributed by atoms with Crippen LogP contribution in [0.25, 0.3) is 33.7 Å². The van der Waals surface area contributed by atoms with Crippen LogP contribution in [0.3, 0.4) is 0 Å². The minimum Gasteiger partial charge on any atom is -0.378 e. The third-order valence-electron chi connectivity index (χ3n) is 10.7. The lowest BCUT2D eigenvalue weighted by Crippen LogP contribution is -2.37. The van der Waals surface area contributed by atoms with Crippen LogP contribution < -0.4 is 15.5 Å². The first-order valence-electron chi connectivity index (χ1n) is 20.9. The smallest absolute Gasteiger partial charge is 0.229 e. The van der Waals surface area contributed by atoms with E-state index in [4.69, 9.17) is 29.8 Å². The summed E-state index contributed by atoms with van der Waals surface area (Å²) in [7, 11) is 8.06. The molecule has 1 fully saturated rings. The molecule has 1 aliphatic rings. The number of imidazole rings is 2. The summed E-state index contributed by atoms with van der Waals surface area (Å²) in [5.74, 6) is 2.67. The van der Waals surface area contributed by atoms with Crippen LogP contribution in [0.5, 0.6) is 0 Å². The lowest BCUT2D eigenvalue weighted by atomic mass is 10.0. The third-order valence-corrected chi connectivity index (χ3v) is 10.7. The van der Waals surface area contributed by atoms with E-state index in [1.165, 1.54) is 11.1 Å². The Morgan fingerprint density at radius 2 is 1.29 bits per heavy atom. The van der Waals surface area contributed by atoms with Crippen molar-refractivity contribution in [2.75, 3.05) is 62.5 Å². The maximum Gasteiger partial charge on any atom is 0.229 e. The van der Waals surface area contributed by atoms with Gasteiger partial charge in [-0.2, -0.15) is 20.2 Å². The monoisotopic (exact) mass is 842 g/mol. The van der Waals surface area contributed by atoms with E-state index in [1.807, 2.05) is 106 Å². The number of rotatable bonds is 13. The van der Waals surface area contributed by atoms with E-state index >= 15 is 0 Å². The van der Waals surface area contributed by atoms with E-state index in [0.717, 1.165) is 65.3 Å². The van der Waals surface area contributed by atoms with Crippen LogP contribution in [0.4, 0.5) is 29.0 Å². The van der Waals surface area contributed by atoms with Gasteiger partial charge in [0, 0.05) is 45.1 Å². The maximum atomic E-state index is 5.45. The second-order valence-electron chi connectivity index (χ2n) is 15.7. The predicted molar refractivity (Wildman–Crippen MR) is 245 cm³/mol. The molecular weight excluding hydrogens is 793 g/mol. The summed E-state index contributed by atoms with van der Waals surface area (Å²) in [6.45, 7) is 4.59. The molecule has 320 valence electrons. The Morgan fingerprint density at radius 1 is 0.683 bits per heavy atom. The van der Waals surface area contributed by atoms with Crippen molar-refractivity contribution in [1.82, 2.24) is 63.5 Å². The van der Waals surface area contributed by atoms with Gasteiger partial charge >= 0.3 is 0 Å². The largest absolute Gasteiger partial charge is 0.378 e. The van der Waals surface area contributed by atoms with Crippen molar-refractivity contribution in [3.05, 3.63) is 140 Å². The lowest BCUT2D eigenvalue weighted by Gasteiger charge is -2.27. The van der Waals surface area contributed by atoms with Crippen molar-refractivity contribution in [1.29, 1.82) is 0 Å². The summed E-state index contributed by atoms with van der Waals surface area (Å²) >= 11 is 0. The molecule has 6 aromatic heterocycles. The van der Waals surface area contributed by atoms with Crippen molar-refractivity contribution in [3.63, 3.8) is 0 Å². The third kappa shape index (κ3) is 9.54. The van der Waals surface area contributed by atoms with Gasteiger partial charge in [0.05, 0.1) is 62.2 Å². The number of fused-ring (bicyclic) bond motifs is 2. The molecule has 0 aliphatic carbocycles. The highest BCUT2D eigenvalue weighted by molar-refractivity contribution is 5.88.